The summed E-state index contributed by atoms with van der Waals surface area (Å²) in [6.07, 6.45) is 3.52. The SMILES string of the molecule is CC(C)(C)OC(=O)N1CCc2c3c(nn2-c2ccc(C4CCC4)cc2)OCCN(C(=O)OCc2ccccc2)C[C@@H]31. The fourth-order valence-electron chi connectivity index (χ4n) is 5.76. The summed E-state index contributed by atoms with van der Waals surface area (Å²) in [6.45, 7) is 6.99. The van der Waals surface area contributed by atoms with Gasteiger partial charge in [-0.3, -0.25) is 4.90 Å². The highest BCUT2D eigenvalue weighted by atomic mass is 16.6. The molecule has 2 aliphatic heterocycles. The molecule has 1 atom stereocenters. The van der Waals surface area contributed by atoms with Crippen LogP contribution in [0.25, 0.3) is 5.69 Å². The minimum atomic E-state index is -0.654. The molecule has 0 radical (unpaired) electrons. The maximum absolute atomic E-state index is 13.4. The quantitative estimate of drug-likeness (QED) is 0.390. The Labute approximate surface area is 241 Å². The highest BCUT2D eigenvalue weighted by Gasteiger charge is 2.42. The topological polar surface area (TPSA) is 86.1 Å². The van der Waals surface area contributed by atoms with Crippen LogP contribution in [0.15, 0.2) is 54.6 Å². The molecule has 0 unspecified atom stereocenters. The highest BCUT2D eigenvalue weighted by Crippen LogP contribution is 2.41. The summed E-state index contributed by atoms with van der Waals surface area (Å²) in [5, 5.41) is 4.89. The number of benzene rings is 2. The molecule has 41 heavy (non-hydrogen) atoms. The Kier molecular flexibility index (Phi) is 7.36. The van der Waals surface area contributed by atoms with E-state index in [0.717, 1.165) is 22.5 Å². The monoisotopic (exact) mass is 558 g/mol. The predicted octanol–water partition coefficient (Wildman–Crippen LogP) is 6.01. The minimum Gasteiger partial charge on any atom is -0.474 e. The van der Waals surface area contributed by atoms with E-state index in [1.807, 2.05) is 55.8 Å². The van der Waals surface area contributed by atoms with Gasteiger partial charge in [0.2, 0.25) is 5.88 Å². The lowest BCUT2D eigenvalue weighted by atomic mass is 9.80. The van der Waals surface area contributed by atoms with E-state index in [4.69, 9.17) is 19.3 Å². The Hall–Kier alpha value is -4.01. The Bertz CT molecular complexity index is 1390. The van der Waals surface area contributed by atoms with Gasteiger partial charge in [0.25, 0.3) is 0 Å². The number of nitrogens with zero attached hydrogens (tertiary/aromatic N) is 4. The Morgan fingerprint density at radius 2 is 1.76 bits per heavy atom. The molecule has 2 amide bonds. The van der Waals surface area contributed by atoms with Gasteiger partial charge in [0.15, 0.2) is 0 Å². The van der Waals surface area contributed by atoms with Crippen LogP contribution in [0.2, 0.25) is 0 Å². The highest BCUT2D eigenvalue weighted by molar-refractivity contribution is 5.71. The number of hydrogen-bond donors (Lipinski definition) is 0. The van der Waals surface area contributed by atoms with E-state index in [1.165, 1.54) is 24.8 Å². The average Bonchev–Trinajstić information content (AvgIpc) is 3.27. The molecule has 3 aromatic rings. The zero-order valence-corrected chi connectivity index (χ0v) is 24.0. The van der Waals surface area contributed by atoms with Gasteiger partial charge in [0, 0.05) is 19.5 Å². The van der Waals surface area contributed by atoms with Gasteiger partial charge in [0.1, 0.15) is 18.8 Å². The maximum atomic E-state index is 13.4. The molecule has 216 valence electrons. The molecular formula is C32H38N4O5. The van der Waals surface area contributed by atoms with E-state index in [-0.39, 0.29) is 19.8 Å². The van der Waals surface area contributed by atoms with Crippen molar-refractivity contribution in [3.8, 4) is 11.6 Å². The van der Waals surface area contributed by atoms with Crippen LogP contribution in [0, 0.1) is 0 Å². The summed E-state index contributed by atoms with van der Waals surface area (Å²) in [5.74, 6) is 1.15. The Morgan fingerprint density at radius 1 is 1.00 bits per heavy atom. The standard InChI is InChI=1S/C32H38N4O5/c1-32(2,3)41-31(38)35-17-16-26-28-27(35)20-34(30(37)40-21-22-8-5-4-6-9-22)18-19-39-29(28)33-36(26)25-14-12-24(13-15-25)23-10-7-11-23/h4-6,8-9,12-15,23,27H,7,10-11,16-21H2,1-3H3/t27-/m0/s1. The molecule has 6 rings (SSSR count). The van der Waals surface area contributed by atoms with E-state index in [2.05, 4.69) is 24.3 Å². The Morgan fingerprint density at radius 3 is 2.44 bits per heavy atom. The number of ether oxygens (including phenoxy) is 3. The van der Waals surface area contributed by atoms with Crippen molar-refractivity contribution in [1.82, 2.24) is 19.6 Å². The molecule has 9 heteroatoms. The van der Waals surface area contributed by atoms with E-state index in [9.17, 15) is 9.59 Å². The number of aromatic nitrogens is 2. The largest absolute Gasteiger partial charge is 0.474 e. The van der Waals surface area contributed by atoms with Crippen LogP contribution in [-0.4, -0.2) is 63.6 Å². The third-order valence-electron chi connectivity index (χ3n) is 8.09. The fraction of sp³-hybridized carbons (Fsp3) is 0.469. The van der Waals surface area contributed by atoms with Gasteiger partial charge in [-0.05, 0) is 62.8 Å². The molecular weight excluding hydrogens is 520 g/mol. The second kappa shape index (κ2) is 11.1. The van der Waals surface area contributed by atoms with Crippen molar-refractivity contribution in [3.63, 3.8) is 0 Å². The molecule has 1 aromatic heterocycles. The Balaban J connectivity index is 1.31. The third kappa shape index (κ3) is 5.76. The van der Waals surface area contributed by atoms with E-state index < -0.39 is 23.8 Å². The summed E-state index contributed by atoms with van der Waals surface area (Å²) in [4.78, 5) is 30.0. The van der Waals surface area contributed by atoms with Crippen LogP contribution >= 0.6 is 0 Å². The van der Waals surface area contributed by atoms with Crippen molar-refractivity contribution < 1.29 is 23.8 Å². The van der Waals surface area contributed by atoms with Crippen molar-refractivity contribution in [2.24, 2.45) is 0 Å². The first-order valence-electron chi connectivity index (χ1n) is 14.6. The van der Waals surface area contributed by atoms with Gasteiger partial charge in [0.05, 0.1) is 29.5 Å². The van der Waals surface area contributed by atoms with E-state index >= 15 is 0 Å². The zero-order chi connectivity index (χ0) is 28.6. The number of carbonyl (C=O) groups excluding carboxylic acids is 2. The number of carbonyl (C=O) groups is 2. The lowest BCUT2D eigenvalue weighted by Gasteiger charge is -2.40. The molecule has 0 N–H and O–H groups in total. The maximum Gasteiger partial charge on any atom is 0.410 e. The molecule has 1 fully saturated rings. The molecule has 0 spiro atoms. The second-order valence-electron chi connectivity index (χ2n) is 12.1. The number of amides is 2. The van der Waals surface area contributed by atoms with E-state index in [0.29, 0.717) is 31.3 Å². The summed E-state index contributed by atoms with van der Waals surface area (Å²) < 4.78 is 19.6. The summed E-state index contributed by atoms with van der Waals surface area (Å²) in [6, 6.07) is 17.7. The van der Waals surface area contributed by atoms with Crippen molar-refractivity contribution in [1.29, 1.82) is 0 Å². The van der Waals surface area contributed by atoms with Crippen LogP contribution in [0.1, 0.15) is 74.4 Å². The van der Waals surface area contributed by atoms with Crippen LogP contribution < -0.4 is 4.74 Å². The van der Waals surface area contributed by atoms with Gasteiger partial charge < -0.3 is 19.1 Å². The molecule has 9 nitrogen and oxygen atoms in total. The zero-order valence-electron chi connectivity index (χ0n) is 24.0. The van der Waals surface area contributed by atoms with Crippen molar-refractivity contribution in [2.45, 2.75) is 70.6 Å². The lowest BCUT2D eigenvalue weighted by Crippen LogP contribution is -2.49. The lowest BCUT2D eigenvalue weighted by molar-refractivity contribution is 0.00636. The van der Waals surface area contributed by atoms with Crippen LogP contribution in [0.3, 0.4) is 0 Å². The minimum absolute atomic E-state index is 0.169. The molecule has 3 aliphatic rings. The molecule has 2 aromatic carbocycles. The van der Waals surface area contributed by atoms with E-state index in [1.54, 1.807) is 9.80 Å². The van der Waals surface area contributed by atoms with Gasteiger partial charge in [-0.1, -0.05) is 48.9 Å². The summed E-state index contributed by atoms with van der Waals surface area (Å²) in [7, 11) is 0. The first-order valence-corrected chi connectivity index (χ1v) is 14.6. The molecule has 1 aliphatic carbocycles. The first-order chi connectivity index (χ1) is 19.8. The van der Waals surface area contributed by atoms with Crippen molar-refractivity contribution in [2.75, 3.05) is 26.2 Å². The molecule has 0 saturated heterocycles. The third-order valence-corrected chi connectivity index (χ3v) is 8.09. The van der Waals surface area contributed by atoms with Gasteiger partial charge in [-0.2, -0.15) is 0 Å². The average molecular weight is 559 g/mol. The van der Waals surface area contributed by atoms with Crippen molar-refractivity contribution in [3.05, 3.63) is 77.0 Å². The molecule has 1 saturated carbocycles. The number of hydrogen-bond acceptors (Lipinski definition) is 6. The van der Waals surface area contributed by atoms with Gasteiger partial charge in [-0.25, -0.2) is 14.3 Å². The predicted molar refractivity (Wildman–Crippen MR) is 153 cm³/mol. The van der Waals surface area contributed by atoms with Crippen molar-refractivity contribution >= 4 is 12.2 Å². The number of rotatable bonds is 4. The van der Waals surface area contributed by atoms with Gasteiger partial charge in [-0.15, -0.1) is 5.10 Å². The van der Waals surface area contributed by atoms with Crippen LogP contribution in [0.4, 0.5) is 9.59 Å². The molecule has 3 heterocycles. The summed E-state index contributed by atoms with van der Waals surface area (Å²) in [5.41, 5.74) is 4.40. The second-order valence-corrected chi connectivity index (χ2v) is 12.1. The van der Waals surface area contributed by atoms with Crippen LogP contribution in [-0.2, 0) is 22.5 Å². The fourth-order valence-corrected chi connectivity index (χ4v) is 5.76. The van der Waals surface area contributed by atoms with Crippen LogP contribution in [0.5, 0.6) is 5.88 Å². The summed E-state index contributed by atoms with van der Waals surface area (Å²) >= 11 is 0. The smallest absolute Gasteiger partial charge is 0.410 e. The first kappa shape index (κ1) is 27.2. The van der Waals surface area contributed by atoms with Gasteiger partial charge >= 0.3 is 12.2 Å². The molecule has 0 bridgehead atoms. The normalized spacial score (nSPS) is 18.9.